The first-order valence-electron chi connectivity index (χ1n) is 9.46. The lowest BCUT2D eigenvalue weighted by Gasteiger charge is -2.30. The maximum atomic E-state index is 6.05. The summed E-state index contributed by atoms with van der Waals surface area (Å²) in [5, 5.41) is 2.33. The van der Waals surface area contributed by atoms with Gasteiger partial charge in [-0.15, -0.1) is 0 Å². The van der Waals surface area contributed by atoms with Crippen LogP contribution < -0.4 is 4.90 Å². The van der Waals surface area contributed by atoms with E-state index in [9.17, 15) is 0 Å². The molecule has 0 saturated heterocycles. The topological polar surface area (TPSA) is 16.4 Å². The molecule has 2 aliphatic rings. The second-order valence-corrected chi connectivity index (χ2v) is 8.37. The largest absolute Gasteiger partial charge is 0.456 e. The van der Waals surface area contributed by atoms with Crippen molar-refractivity contribution in [3.05, 3.63) is 82.9 Å². The van der Waals surface area contributed by atoms with E-state index in [0.29, 0.717) is 12.0 Å². The van der Waals surface area contributed by atoms with E-state index in [1.807, 2.05) is 12.1 Å². The predicted octanol–water partition coefficient (Wildman–Crippen LogP) is 7.30. The molecule has 2 unspecified atom stereocenters. The van der Waals surface area contributed by atoms with Crippen LogP contribution in [-0.4, -0.2) is 6.04 Å². The predicted molar refractivity (Wildman–Crippen MR) is 115 cm³/mol. The highest BCUT2D eigenvalue weighted by Crippen LogP contribution is 2.49. The minimum Gasteiger partial charge on any atom is -0.456 e. The molecule has 0 saturated carbocycles. The first-order valence-corrected chi connectivity index (χ1v) is 10.3. The molecule has 0 amide bonds. The van der Waals surface area contributed by atoms with Gasteiger partial charge >= 0.3 is 0 Å². The fourth-order valence-electron chi connectivity index (χ4n) is 4.80. The number of benzene rings is 3. The SMILES string of the molecule is Brc1ccc2oc3ccc(N4c5ccccc5C5CCC=CC54)cc3c2c1. The first kappa shape index (κ1) is 15.5. The van der Waals surface area contributed by atoms with Crippen molar-refractivity contribution in [3.8, 4) is 0 Å². The van der Waals surface area contributed by atoms with Gasteiger partial charge in [0.1, 0.15) is 11.2 Å². The summed E-state index contributed by atoms with van der Waals surface area (Å²) in [6, 6.07) is 22.1. The molecule has 2 nitrogen and oxygen atoms in total. The van der Waals surface area contributed by atoms with E-state index in [-0.39, 0.29) is 0 Å². The second-order valence-electron chi connectivity index (χ2n) is 7.45. The number of allylic oxidation sites excluding steroid dienone is 1. The second kappa shape index (κ2) is 5.74. The normalized spacial score (nSPS) is 21.0. The van der Waals surface area contributed by atoms with Crippen molar-refractivity contribution in [2.45, 2.75) is 24.8 Å². The van der Waals surface area contributed by atoms with Crippen LogP contribution in [0.5, 0.6) is 0 Å². The quantitative estimate of drug-likeness (QED) is 0.303. The minimum absolute atomic E-state index is 0.401. The van der Waals surface area contributed by atoms with Gasteiger partial charge in [-0.05, 0) is 60.9 Å². The van der Waals surface area contributed by atoms with Crippen LogP contribution in [0.1, 0.15) is 24.3 Å². The molecule has 3 aromatic carbocycles. The van der Waals surface area contributed by atoms with Crippen LogP contribution in [0, 0.1) is 0 Å². The molecule has 0 spiro atoms. The summed E-state index contributed by atoms with van der Waals surface area (Å²) in [4.78, 5) is 2.51. The van der Waals surface area contributed by atoms with Gasteiger partial charge in [-0.1, -0.05) is 46.3 Å². The number of rotatable bonds is 1. The molecule has 0 N–H and O–H groups in total. The Morgan fingerprint density at radius 1 is 0.926 bits per heavy atom. The third-order valence-corrected chi connectivity index (χ3v) is 6.47. The van der Waals surface area contributed by atoms with Crippen LogP contribution in [0.25, 0.3) is 21.9 Å². The van der Waals surface area contributed by atoms with Gasteiger partial charge < -0.3 is 9.32 Å². The molecule has 0 fully saturated rings. The van der Waals surface area contributed by atoms with Crippen molar-refractivity contribution in [2.24, 2.45) is 0 Å². The van der Waals surface area contributed by atoms with E-state index in [2.05, 4.69) is 81.5 Å². The van der Waals surface area contributed by atoms with Crippen molar-refractivity contribution in [2.75, 3.05) is 4.90 Å². The van der Waals surface area contributed by atoms with Gasteiger partial charge in [0, 0.05) is 32.5 Å². The summed E-state index contributed by atoms with van der Waals surface area (Å²) < 4.78 is 7.12. The molecule has 3 heteroatoms. The Balaban J connectivity index is 1.58. The number of nitrogens with zero attached hydrogens (tertiary/aromatic N) is 1. The maximum Gasteiger partial charge on any atom is 0.135 e. The number of halogens is 1. The Kier molecular flexibility index (Phi) is 3.30. The van der Waals surface area contributed by atoms with Crippen molar-refractivity contribution >= 4 is 49.2 Å². The Labute approximate surface area is 166 Å². The van der Waals surface area contributed by atoms with Gasteiger partial charge in [0.15, 0.2) is 0 Å². The number of hydrogen-bond acceptors (Lipinski definition) is 2. The van der Waals surface area contributed by atoms with E-state index >= 15 is 0 Å². The van der Waals surface area contributed by atoms with E-state index in [1.54, 1.807) is 0 Å². The zero-order chi connectivity index (χ0) is 18.0. The van der Waals surface area contributed by atoms with Crippen molar-refractivity contribution in [1.29, 1.82) is 0 Å². The third-order valence-electron chi connectivity index (χ3n) is 5.98. The molecule has 2 atom stereocenters. The van der Waals surface area contributed by atoms with Crippen LogP contribution in [0.4, 0.5) is 11.4 Å². The highest BCUT2D eigenvalue weighted by atomic mass is 79.9. The Morgan fingerprint density at radius 2 is 1.74 bits per heavy atom. The molecule has 2 heterocycles. The molecular weight excluding hydrogens is 398 g/mol. The fraction of sp³-hybridized carbons (Fsp3) is 0.167. The van der Waals surface area contributed by atoms with E-state index < -0.39 is 0 Å². The lowest BCUT2D eigenvalue weighted by molar-refractivity contribution is 0.573. The molecule has 1 aliphatic carbocycles. The number of para-hydroxylation sites is 1. The van der Waals surface area contributed by atoms with Crippen LogP contribution in [0.15, 0.2) is 81.7 Å². The molecule has 6 rings (SSSR count). The highest BCUT2D eigenvalue weighted by Gasteiger charge is 2.38. The molecule has 1 aliphatic heterocycles. The Bertz CT molecular complexity index is 1220. The van der Waals surface area contributed by atoms with Gasteiger partial charge in [0.2, 0.25) is 0 Å². The molecule has 132 valence electrons. The Morgan fingerprint density at radius 3 is 2.67 bits per heavy atom. The summed E-state index contributed by atoms with van der Waals surface area (Å²) in [6.45, 7) is 0. The van der Waals surface area contributed by atoms with E-state index in [4.69, 9.17) is 4.42 Å². The van der Waals surface area contributed by atoms with Crippen molar-refractivity contribution < 1.29 is 4.42 Å². The van der Waals surface area contributed by atoms with E-state index in [0.717, 1.165) is 21.0 Å². The molecule has 1 aromatic heterocycles. The van der Waals surface area contributed by atoms with Crippen LogP contribution in [-0.2, 0) is 0 Å². The van der Waals surface area contributed by atoms with Gasteiger partial charge in [-0.2, -0.15) is 0 Å². The smallest absolute Gasteiger partial charge is 0.135 e. The average Bonchev–Trinajstić information content (AvgIpc) is 3.23. The fourth-order valence-corrected chi connectivity index (χ4v) is 5.16. The average molecular weight is 416 g/mol. The summed E-state index contributed by atoms with van der Waals surface area (Å²) in [5.74, 6) is 0.581. The molecule has 4 aromatic rings. The van der Waals surface area contributed by atoms with Gasteiger partial charge in [-0.25, -0.2) is 0 Å². The van der Waals surface area contributed by atoms with Crippen LogP contribution in [0.2, 0.25) is 0 Å². The molecule has 0 bridgehead atoms. The van der Waals surface area contributed by atoms with Gasteiger partial charge in [0.25, 0.3) is 0 Å². The van der Waals surface area contributed by atoms with Crippen LogP contribution in [0.3, 0.4) is 0 Å². The monoisotopic (exact) mass is 415 g/mol. The lowest BCUT2D eigenvalue weighted by atomic mass is 9.86. The number of fused-ring (bicyclic) bond motifs is 6. The third kappa shape index (κ3) is 2.24. The minimum atomic E-state index is 0.401. The zero-order valence-electron chi connectivity index (χ0n) is 14.7. The van der Waals surface area contributed by atoms with Crippen molar-refractivity contribution in [1.82, 2.24) is 0 Å². The molecular formula is C24H18BrNO. The van der Waals surface area contributed by atoms with Crippen LogP contribution >= 0.6 is 15.9 Å². The standard InChI is InChI=1S/C24H18BrNO/c25-15-9-11-23-19(13-15)20-14-16(10-12-24(20)27-23)26-21-7-3-1-5-17(21)18-6-2-4-8-22(18)26/h1,3-5,7-14,18,22H,2,6H2. The first-order chi connectivity index (χ1) is 13.3. The van der Waals surface area contributed by atoms with Gasteiger partial charge in [0.05, 0.1) is 6.04 Å². The number of hydrogen-bond donors (Lipinski definition) is 0. The Hall–Kier alpha value is -2.52. The zero-order valence-corrected chi connectivity index (χ0v) is 16.3. The van der Waals surface area contributed by atoms with Crippen molar-refractivity contribution in [3.63, 3.8) is 0 Å². The maximum absolute atomic E-state index is 6.05. The summed E-state index contributed by atoms with van der Waals surface area (Å²) in [6.07, 6.45) is 7.12. The molecule has 0 radical (unpaired) electrons. The summed E-state index contributed by atoms with van der Waals surface area (Å²) >= 11 is 3.59. The summed E-state index contributed by atoms with van der Waals surface area (Å²) in [7, 11) is 0. The highest BCUT2D eigenvalue weighted by molar-refractivity contribution is 9.10. The number of anilines is 2. The summed E-state index contributed by atoms with van der Waals surface area (Å²) in [5.41, 5.74) is 5.92. The van der Waals surface area contributed by atoms with Gasteiger partial charge in [-0.3, -0.25) is 0 Å². The van der Waals surface area contributed by atoms with E-state index in [1.165, 1.54) is 35.2 Å². The lowest BCUT2D eigenvalue weighted by Crippen LogP contribution is -2.29. The molecule has 27 heavy (non-hydrogen) atoms. The number of furan rings is 1.